The number of aliphatic hydroxyl groups excluding tert-OH is 1. The van der Waals surface area contributed by atoms with E-state index in [0.717, 1.165) is 78.8 Å². The Morgan fingerprint density at radius 3 is 2.94 bits per heavy atom. The maximum absolute atomic E-state index is 11.0. The number of nitrogens with zero attached hydrogens (tertiary/aromatic N) is 6. The van der Waals surface area contributed by atoms with E-state index in [1.165, 1.54) is 11.3 Å². The Morgan fingerprint density at radius 2 is 2.09 bits per heavy atom. The van der Waals surface area contributed by atoms with Crippen molar-refractivity contribution in [2.45, 2.75) is 25.6 Å². The maximum Gasteiger partial charge on any atom is 0.162 e. The van der Waals surface area contributed by atoms with E-state index < -0.39 is 6.10 Å². The van der Waals surface area contributed by atoms with Crippen LogP contribution in [0.5, 0.6) is 0 Å². The summed E-state index contributed by atoms with van der Waals surface area (Å²) >= 11 is 1.49. The number of hydrogen-bond acceptors (Lipinski definition) is 10. The van der Waals surface area contributed by atoms with E-state index in [2.05, 4.69) is 48.4 Å². The van der Waals surface area contributed by atoms with Crippen LogP contribution in [0.2, 0.25) is 0 Å². The summed E-state index contributed by atoms with van der Waals surface area (Å²) in [7, 11) is 1.65. The predicted octanol–water partition coefficient (Wildman–Crippen LogP) is 2.41. The molecule has 1 aromatic carbocycles. The molecule has 2 aliphatic rings. The lowest BCUT2D eigenvalue weighted by Gasteiger charge is -2.35. The van der Waals surface area contributed by atoms with Crippen molar-refractivity contribution in [3.8, 4) is 0 Å². The SMILES string of the molecule is COCc1csc([C@H](O)[C@H]2CCCN(c3nnnc4cc(N5CCOCC5)ccc34)C2)n1. The second-order valence-corrected chi connectivity index (χ2v) is 9.21. The van der Waals surface area contributed by atoms with Gasteiger partial charge < -0.3 is 24.4 Å². The van der Waals surface area contributed by atoms with Gasteiger partial charge in [0.1, 0.15) is 16.6 Å². The van der Waals surface area contributed by atoms with Gasteiger partial charge in [-0.3, -0.25) is 0 Å². The Balaban J connectivity index is 1.35. The summed E-state index contributed by atoms with van der Waals surface area (Å²) in [5.41, 5.74) is 2.84. The van der Waals surface area contributed by atoms with Crippen LogP contribution in [0.4, 0.5) is 11.5 Å². The summed E-state index contributed by atoms with van der Waals surface area (Å²) in [5.74, 6) is 0.919. The first-order chi connectivity index (χ1) is 15.7. The highest BCUT2D eigenvalue weighted by Crippen LogP contribution is 2.35. The Morgan fingerprint density at radius 1 is 1.22 bits per heavy atom. The molecular formula is C22H28N6O3S. The molecule has 2 fully saturated rings. The number of ether oxygens (including phenoxy) is 2. The third-order valence-corrected chi connectivity index (χ3v) is 7.17. The van der Waals surface area contributed by atoms with Gasteiger partial charge in [-0.2, -0.15) is 0 Å². The van der Waals surface area contributed by atoms with Gasteiger partial charge in [0.05, 0.1) is 25.5 Å². The third-order valence-electron chi connectivity index (χ3n) is 6.21. The Bertz CT molecular complexity index is 1060. The van der Waals surface area contributed by atoms with Crippen LogP contribution >= 0.6 is 11.3 Å². The van der Waals surface area contributed by atoms with Gasteiger partial charge in [0, 0.05) is 55.7 Å². The predicted molar refractivity (Wildman–Crippen MR) is 123 cm³/mol. The van der Waals surface area contributed by atoms with E-state index >= 15 is 0 Å². The van der Waals surface area contributed by atoms with Crippen LogP contribution in [0, 0.1) is 5.92 Å². The molecule has 2 aromatic heterocycles. The minimum absolute atomic E-state index is 0.0860. The van der Waals surface area contributed by atoms with Crippen molar-refractivity contribution in [2.24, 2.45) is 5.92 Å². The van der Waals surface area contributed by atoms with Crippen LogP contribution in [-0.2, 0) is 16.1 Å². The summed E-state index contributed by atoms with van der Waals surface area (Å²) in [6.45, 7) is 5.31. The van der Waals surface area contributed by atoms with Crippen molar-refractivity contribution < 1.29 is 14.6 Å². The zero-order chi connectivity index (χ0) is 21.9. The summed E-state index contributed by atoms with van der Waals surface area (Å²) in [4.78, 5) is 9.09. The zero-order valence-corrected chi connectivity index (χ0v) is 19.0. The number of aromatic nitrogens is 4. The molecule has 5 rings (SSSR count). The number of fused-ring (bicyclic) bond motifs is 1. The molecule has 0 radical (unpaired) electrons. The minimum Gasteiger partial charge on any atom is -0.386 e. The fourth-order valence-corrected chi connectivity index (χ4v) is 5.42. The van der Waals surface area contributed by atoms with Crippen LogP contribution in [0.1, 0.15) is 29.6 Å². The van der Waals surface area contributed by atoms with Crippen molar-refractivity contribution in [3.05, 3.63) is 34.3 Å². The number of rotatable bonds is 6. The molecule has 170 valence electrons. The van der Waals surface area contributed by atoms with E-state index in [1.807, 2.05) is 5.38 Å². The van der Waals surface area contributed by atoms with Gasteiger partial charge in [-0.05, 0) is 36.3 Å². The van der Waals surface area contributed by atoms with Gasteiger partial charge in [0.2, 0.25) is 0 Å². The number of hydrogen-bond donors (Lipinski definition) is 1. The molecule has 0 bridgehead atoms. The van der Waals surface area contributed by atoms with Gasteiger partial charge in [-0.25, -0.2) is 4.98 Å². The molecule has 2 aliphatic heterocycles. The quantitative estimate of drug-likeness (QED) is 0.600. The number of piperidine rings is 1. The molecular weight excluding hydrogens is 428 g/mol. The van der Waals surface area contributed by atoms with Crippen LogP contribution in [0.15, 0.2) is 23.6 Å². The van der Waals surface area contributed by atoms with Crippen molar-refractivity contribution in [1.29, 1.82) is 0 Å². The lowest BCUT2D eigenvalue weighted by atomic mass is 9.92. The van der Waals surface area contributed by atoms with Crippen LogP contribution in [-0.4, -0.2) is 72.0 Å². The van der Waals surface area contributed by atoms with Crippen molar-refractivity contribution in [3.63, 3.8) is 0 Å². The fraction of sp³-hybridized carbons (Fsp3) is 0.545. The maximum atomic E-state index is 11.0. The summed E-state index contributed by atoms with van der Waals surface area (Å²) in [6.07, 6.45) is 1.34. The Labute approximate surface area is 191 Å². The molecule has 32 heavy (non-hydrogen) atoms. The highest BCUT2D eigenvalue weighted by atomic mass is 32.1. The molecule has 0 spiro atoms. The van der Waals surface area contributed by atoms with Gasteiger partial charge in [0.15, 0.2) is 5.82 Å². The Hall–Kier alpha value is -2.40. The van der Waals surface area contributed by atoms with Crippen LogP contribution in [0.3, 0.4) is 0 Å². The lowest BCUT2D eigenvalue weighted by Crippen LogP contribution is -2.38. The lowest BCUT2D eigenvalue weighted by molar-refractivity contribution is 0.0971. The fourth-order valence-electron chi connectivity index (χ4n) is 4.54. The van der Waals surface area contributed by atoms with Crippen molar-refractivity contribution in [2.75, 3.05) is 56.3 Å². The van der Waals surface area contributed by atoms with Gasteiger partial charge in [-0.1, -0.05) is 0 Å². The van der Waals surface area contributed by atoms with Crippen LogP contribution < -0.4 is 9.80 Å². The second kappa shape index (κ2) is 9.62. The van der Waals surface area contributed by atoms with E-state index in [-0.39, 0.29) is 5.92 Å². The first-order valence-corrected chi connectivity index (χ1v) is 11.9. The van der Waals surface area contributed by atoms with Gasteiger partial charge in [0.25, 0.3) is 0 Å². The third kappa shape index (κ3) is 4.40. The summed E-state index contributed by atoms with van der Waals surface area (Å²) < 4.78 is 10.6. The molecule has 0 unspecified atom stereocenters. The molecule has 3 aromatic rings. The molecule has 9 nitrogen and oxygen atoms in total. The summed E-state index contributed by atoms with van der Waals surface area (Å²) in [6, 6.07) is 6.31. The highest BCUT2D eigenvalue weighted by Gasteiger charge is 2.30. The smallest absolute Gasteiger partial charge is 0.162 e. The highest BCUT2D eigenvalue weighted by molar-refractivity contribution is 7.09. The molecule has 0 aliphatic carbocycles. The molecule has 2 saturated heterocycles. The minimum atomic E-state index is -0.595. The summed E-state index contributed by atoms with van der Waals surface area (Å²) in [5, 5.41) is 27.4. The number of anilines is 2. The first-order valence-electron chi connectivity index (χ1n) is 11.0. The monoisotopic (exact) mass is 456 g/mol. The number of thiazole rings is 1. The topological polar surface area (TPSA) is 96.7 Å². The zero-order valence-electron chi connectivity index (χ0n) is 18.2. The van der Waals surface area contributed by atoms with E-state index in [0.29, 0.717) is 13.2 Å². The van der Waals surface area contributed by atoms with Crippen molar-refractivity contribution >= 4 is 33.7 Å². The van der Waals surface area contributed by atoms with Gasteiger partial charge in [-0.15, -0.1) is 21.5 Å². The van der Waals surface area contributed by atoms with Crippen LogP contribution in [0.25, 0.3) is 10.9 Å². The normalized spacial score (nSPS) is 20.6. The van der Waals surface area contributed by atoms with E-state index in [9.17, 15) is 5.11 Å². The van der Waals surface area contributed by atoms with Crippen molar-refractivity contribution in [1.82, 2.24) is 20.4 Å². The van der Waals surface area contributed by atoms with E-state index in [4.69, 9.17) is 9.47 Å². The average molecular weight is 457 g/mol. The molecule has 0 amide bonds. The molecule has 4 heterocycles. The number of benzene rings is 1. The van der Waals surface area contributed by atoms with E-state index in [1.54, 1.807) is 7.11 Å². The van der Waals surface area contributed by atoms with Gasteiger partial charge >= 0.3 is 0 Å². The number of morpholine rings is 1. The number of aliphatic hydroxyl groups is 1. The number of methoxy groups -OCH3 is 1. The second-order valence-electron chi connectivity index (χ2n) is 8.32. The Kier molecular flexibility index (Phi) is 6.44. The molecule has 10 heteroatoms. The standard InChI is InChI=1S/C22H28N6O3S/c1-30-13-16-14-32-22(23-16)20(29)15-3-2-6-28(12-15)21-18-5-4-17(11-19(18)24-26-25-21)27-7-9-31-10-8-27/h4-5,11,14-15,20,29H,2-3,6-10,12-13H2,1H3/t15-,20+/m0/s1. The molecule has 2 atom stereocenters. The molecule has 1 N–H and O–H groups in total. The largest absolute Gasteiger partial charge is 0.386 e. The molecule has 0 saturated carbocycles. The average Bonchev–Trinajstić information content (AvgIpc) is 3.32. The first kappa shape index (κ1) is 21.4.